The van der Waals surface area contributed by atoms with E-state index in [1.807, 2.05) is 5.38 Å². The van der Waals surface area contributed by atoms with Crippen LogP contribution in [-0.2, 0) is 6.42 Å². The lowest BCUT2D eigenvalue weighted by Gasteiger charge is -2.04. The molecular weight excluding hydrogens is 236 g/mol. The number of thiazole rings is 1. The summed E-state index contributed by atoms with van der Waals surface area (Å²) in [5, 5.41) is 14.0. The Labute approximate surface area is 103 Å². The molecule has 2 aromatic rings. The van der Waals surface area contributed by atoms with Gasteiger partial charge >= 0.3 is 0 Å². The van der Waals surface area contributed by atoms with E-state index in [-0.39, 0.29) is 11.7 Å². The van der Waals surface area contributed by atoms with Crippen molar-refractivity contribution in [1.29, 1.82) is 0 Å². The summed E-state index contributed by atoms with van der Waals surface area (Å²) in [7, 11) is 0. The fourth-order valence-electron chi connectivity index (χ4n) is 1.41. The van der Waals surface area contributed by atoms with E-state index >= 15 is 0 Å². The number of amides is 1. The van der Waals surface area contributed by atoms with Gasteiger partial charge in [-0.15, -0.1) is 11.3 Å². The van der Waals surface area contributed by atoms with Crippen molar-refractivity contribution < 1.29 is 9.90 Å². The highest BCUT2D eigenvalue weighted by molar-refractivity contribution is 7.07. The van der Waals surface area contributed by atoms with Crippen LogP contribution in [0.15, 0.2) is 35.2 Å². The first-order valence-corrected chi connectivity index (χ1v) is 6.14. The second kappa shape index (κ2) is 5.45. The van der Waals surface area contributed by atoms with Gasteiger partial charge in [-0.1, -0.05) is 6.07 Å². The molecule has 4 nitrogen and oxygen atoms in total. The van der Waals surface area contributed by atoms with E-state index in [2.05, 4.69) is 10.3 Å². The quantitative estimate of drug-likeness (QED) is 0.867. The number of nitrogens with zero attached hydrogens (tertiary/aromatic N) is 1. The lowest BCUT2D eigenvalue weighted by Crippen LogP contribution is -2.25. The summed E-state index contributed by atoms with van der Waals surface area (Å²) < 4.78 is 0. The molecule has 88 valence electrons. The Balaban J connectivity index is 1.85. The van der Waals surface area contributed by atoms with Crippen LogP contribution in [0.25, 0.3) is 0 Å². The van der Waals surface area contributed by atoms with Crippen LogP contribution in [0.2, 0.25) is 0 Å². The summed E-state index contributed by atoms with van der Waals surface area (Å²) in [6, 6.07) is 6.28. The summed E-state index contributed by atoms with van der Waals surface area (Å²) in [6.07, 6.45) is 0.716. The summed E-state index contributed by atoms with van der Waals surface area (Å²) in [6.45, 7) is 0.540. The normalized spacial score (nSPS) is 10.1. The third-order valence-electron chi connectivity index (χ3n) is 2.26. The number of carbonyl (C=O) groups is 1. The topological polar surface area (TPSA) is 62.2 Å². The van der Waals surface area contributed by atoms with Gasteiger partial charge in [0.25, 0.3) is 5.91 Å². The fraction of sp³-hybridized carbons (Fsp3) is 0.167. The molecule has 0 fully saturated rings. The van der Waals surface area contributed by atoms with E-state index in [4.69, 9.17) is 0 Å². The Morgan fingerprint density at radius 3 is 3.06 bits per heavy atom. The largest absolute Gasteiger partial charge is 0.508 e. The maximum absolute atomic E-state index is 11.7. The van der Waals surface area contributed by atoms with Gasteiger partial charge in [0, 0.05) is 23.9 Å². The minimum absolute atomic E-state index is 0.0946. The maximum Gasteiger partial charge on any atom is 0.251 e. The number of hydrogen-bond acceptors (Lipinski definition) is 4. The van der Waals surface area contributed by atoms with Gasteiger partial charge in [-0.05, 0) is 18.2 Å². The number of phenols is 1. The highest BCUT2D eigenvalue weighted by Crippen LogP contribution is 2.10. The average molecular weight is 248 g/mol. The number of aromatic nitrogens is 1. The molecule has 0 saturated heterocycles. The molecule has 0 aliphatic heterocycles. The first kappa shape index (κ1) is 11.6. The standard InChI is InChI=1S/C12H12N2O2S/c15-11-3-1-2-9(6-11)12(16)13-5-4-10-7-17-8-14-10/h1-3,6-8,15H,4-5H2,(H,13,16). The molecule has 0 atom stereocenters. The van der Waals surface area contributed by atoms with Gasteiger partial charge in [0.15, 0.2) is 0 Å². The number of phenolic OH excluding ortho intramolecular Hbond substituents is 1. The third-order valence-corrected chi connectivity index (χ3v) is 2.89. The predicted molar refractivity (Wildman–Crippen MR) is 66.3 cm³/mol. The molecule has 0 radical (unpaired) electrons. The van der Waals surface area contributed by atoms with E-state index < -0.39 is 0 Å². The van der Waals surface area contributed by atoms with Crippen molar-refractivity contribution in [1.82, 2.24) is 10.3 Å². The summed E-state index contributed by atoms with van der Waals surface area (Å²) in [5.41, 5.74) is 3.21. The van der Waals surface area contributed by atoms with Crippen LogP contribution in [0.4, 0.5) is 0 Å². The first-order valence-electron chi connectivity index (χ1n) is 5.20. The molecule has 0 aliphatic rings. The zero-order valence-electron chi connectivity index (χ0n) is 9.09. The smallest absolute Gasteiger partial charge is 0.251 e. The van der Waals surface area contributed by atoms with Gasteiger partial charge in [0.2, 0.25) is 0 Å². The number of benzene rings is 1. The second-order valence-corrected chi connectivity index (χ2v) is 4.25. The van der Waals surface area contributed by atoms with Crippen LogP contribution in [-0.4, -0.2) is 22.5 Å². The predicted octanol–water partition coefficient (Wildman–Crippen LogP) is 1.82. The lowest BCUT2D eigenvalue weighted by molar-refractivity contribution is 0.0953. The molecular formula is C12H12N2O2S. The SMILES string of the molecule is O=C(NCCc1cscn1)c1cccc(O)c1. The lowest BCUT2D eigenvalue weighted by atomic mass is 10.2. The number of hydrogen-bond donors (Lipinski definition) is 2. The molecule has 1 heterocycles. The fourth-order valence-corrected chi connectivity index (χ4v) is 2.01. The van der Waals surface area contributed by atoms with E-state index in [1.165, 1.54) is 23.5 Å². The van der Waals surface area contributed by atoms with Crippen molar-refractivity contribution in [2.45, 2.75) is 6.42 Å². The molecule has 0 aliphatic carbocycles. The minimum Gasteiger partial charge on any atom is -0.508 e. The van der Waals surface area contributed by atoms with Crippen molar-refractivity contribution in [2.24, 2.45) is 0 Å². The number of nitrogens with one attached hydrogen (secondary N) is 1. The summed E-state index contributed by atoms with van der Waals surface area (Å²) >= 11 is 1.54. The Morgan fingerprint density at radius 1 is 1.47 bits per heavy atom. The molecule has 0 unspecified atom stereocenters. The zero-order chi connectivity index (χ0) is 12.1. The van der Waals surface area contributed by atoms with Crippen LogP contribution in [0.3, 0.4) is 0 Å². The molecule has 2 rings (SSSR count). The molecule has 5 heteroatoms. The van der Waals surface area contributed by atoms with Gasteiger partial charge in [-0.2, -0.15) is 0 Å². The summed E-state index contributed by atoms with van der Waals surface area (Å²) in [5.74, 6) is -0.0896. The Morgan fingerprint density at radius 2 is 2.35 bits per heavy atom. The van der Waals surface area contributed by atoms with Crippen LogP contribution >= 0.6 is 11.3 Å². The highest BCUT2D eigenvalue weighted by atomic mass is 32.1. The van der Waals surface area contributed by atoms with E-state index in [0.29, 0.717) is 18.5 Å². The van der Waals surface area contributed by atoms with Crippen LogP contribution in [0, 0.1) is 0 Å². The van der Waals surface area contributed by atoms with Gasteiger partial charge in [-0.3, -0.25) is 4.79 Å². The number of rotatable bonds is 4. The molecule has 1 aromatic heterocycles. The van der Waals surface area contributed by atoms with Gasteiger partial charge in [0.05, 0.1) is 11.2 Å². The monoisotopic (exact) mass is 248 g/mol. The molecule has 1 amide bonds. The van der Waals surface area contributed by atoms with E-state index in [1.54, 1.807) is 17.6 Å². The van der Waals surface area contributed by atoms with Gasteiger partial charge < -0.3 is 10.4 Å². The molecule has 0 saturated carbocycles. The van der Waals surface area contributed by atoms with Crippen LogP contribution in [0.1, 0.15) is 16.1 Å². The molecule has 0 bridgehead atoms. The molecule has 0 spiro atoms. The third kappa shape index (κ3) is 3.29. The van der Waals surface area contributed by atoms with E-state index in [9.17, 15) is 9.90 Å². The molecule has 2 N–H and O–H groups in total. The Bertz CT molecular complexity index is 497. The molecule has 17 heavy (non-hydrogen) atoms. The first-order chi connectivity index (χ1) is 8.25. The minimum atomic E-state index is -0.184. The second-order valence-electron chi connectivity index (χ2n) is 3.54. The zero-order valence-corrected chi connectivity index (χ0v) is 9.91. The van der Waals surface area contributed by atoms with Crippen molar-refractivity contribution in [3.05, 3.63) is 46.4 Å². The van der Waals surface area contributed by atoms with E-state index in [0.717, 1.165) is 5.69 Å². The average Bonchev–Trinajstić information content (AvgIpc) is 2.82. The number of carbonyl (C=O) groups excluding carboxylic acids is 1. The maximum atomic E-state index is 11.7. The Hall–Kier alpha value is -1.88. The highest BCUT2D eigenvalue weighted by Gasteiger charge is 2.05. The summed E-state index contributed by atoms with van der Waals surface area (Å²) in [4.78, 5) is 15.8. The van der Waals surface area contributed by atoms with Gasteiger partial charge in [0.1, 0.15) is 5.75 Å². The van der Waals surface area contributed by atoms with Crippen molar-refractivity contribution >= 4 is 17.2 Å². The number of aromatic hydroxyl groups is 1. The Kier molecular flexibility index (Phi) is 3.72. The van der Waals surface area contributed by atoms with Crippen LogP contribution < -0.4 is 5.32 Å². The van der Waals surface area contributed by atoms with Crippen molar-refractivity contribution in [3.63, 3.8) is 0 Å². The van der Waals surface area contributed by atoms with Gasteiger partial charge in [-0.25, -0.2) is 4.98 Å². The van der Waals surface area contributed by atoms with Crippen LogP contribution in [0.5, 0.6) is 5.75 Å². The molecule has 1 aromatic carbocycles. The van der Waals surface area contributed by atoms with Crippen molar-refractivity contribution in [2.75, 3.05) is 6.54 Å². The van der Waals surface area contributed by atoms with Crippen molar-refractivity contribution in [3.8, 4) is 5.75 Å².